The molecule has 1 aliphatic rings. The van der Waals surface area contributed by atoms with Crippen molar-refractivity contribution in [2.75, 3.05) is 13.2 Å². The Bertz CT molecular complexity index is 207. The lowest BCUT2D eigenvalue weighted by Crippen LogP contribution is -2.20. The average Bonchev–Trinajstić information content (AvgIpc) is 2.25. The maximum atomic E-state index is 8.24. The largest absolute Gasteiger partial charge is 0.427 e. The molecule has 0 bridgehead atoms. The summed E-state index contributed by atoms with van der Waals surface area (Å²) in [6.07, 6.45) is 7.67. The summed E-state index contributed by atoms with van der Waals surface area (Å²) in [6, 6.07) is 0. The number of hydrogen-bond acceptors (Lipinski definition) is 4. The predicted octanol–water partition coefficient (Wildman–Crippen LogP) is 1.79. The maximum absolute atomic E-state index is 8.24. The van der Waals surface area contributed by atoms with Gasteiger partial charge in [0.2, 0.25) is 0 Å². The topological polar surface area (TPSA) is 66.0 Å². The zero-order valence-corrected chi connectivity index (χ0v) is 8.11. The van der Waals surface area contributed by atoms with Crippen LogP contribution in [0.15, 0.2) is 0 Å². The van der Waals surface area contributed by atoms with E-state index in [1.54, 1.807) is 12.5 Å². The smallest absolute Gasteiger partial charge is 0.286 e. The van der Waals surface area contributed by atoms with Gasteiger partial charge in [0.05, 0.1) is 0 Å². The average molecular weight is 194 g/mol. The van der Waals surface area contributed by atoms with Gasteiger partial charge >= 0.3 is 0 Å². The molecule has 0 unspecified atom stereocenters. The number of rotatable bonds is 4. The van der Waals surface area contributed by atoms with E-state index in [4.69, 9.17) is 20.0 Å². The lowest BCUT2D eigenvalue weighted by molar-refractivity contribution is 0.124. The summed E-state index contributed by atoms with van der Waals surface area (Å²) in [5.41, 5.74) is 0. The van der Waals surface area contributed by atoms with Gasteiger partial charge in [0.1, 0.15) is 13.2 Å². The zero-order chi connectivity index (χ0) is 10.2. The molecule has 4 nitrogen and oxygen atoms in total. The molecular weight excluding hydrogens is 180 g/mol. The van der Waals surface area contributed by atoms with Gasteiger partial charge in [0.25, 0.3) is 12.5 Å². The SMILES string of the molecule is N#COC[C@H]1CC[C@@H](COC#N)CC1. The van der Waals surface area contributed by atoms with Crippen molar-refractivity contribution in [2.24, 2.45) is 11.8 Å². The minimum Gasteiger partial charge on any atom is -0.427 e. The first-order valence-corrected chi connectivity index (χ1v) is 4.88. The van der Waals surface area contributed by atoms with Crippen LogP contribution in [0, 0.1) is 34.9 Å². The van der Waals surface area contributed by atoms with E-state index in [1.165, 1.54) is 0 Å². The van der Waals surface area contributed by atoms with Gasteiger partial charge in [0, 0.05) is 0 Å². The van der Waals surface area contributed by atoms with Gasteiger partial charge in [-0.3, -0.25) is 0 Å². The Kier molecular flexibility index (Phi) is 4.64. The van der Waals surface area contributed by atoms with E-state index in [1.807, 2.05) is 0 Å². The van der Waals surface area contributed by atoms with Crippen LogP contribution in [0.5, 0.6) is 0 Å². The molecule has 1 aliphatic carbocycles. The molecule has 0 atom stereocenters. The Labute approximate surface area is 84.0 Å². The minimum absolute atomic E-state index is 0.507. The first kappa shape index (κ1) is 10.7. The predicted molar refractivity (Wildman–Crippen MR) is 48.6 cm³/mol. The summed E-state index contributed by atoms with van der Waals surface area (Å²) in [5.74, 6) is 1.01. The molecule has 1 fully saturated rings. The van der Waals surface area contributed by atoms with Crippen LogP contribution in [-0.4, -0.2) is 13.2 Å². The van der Waals surface area contributed by atoms with Crippen molar-refractivity contribution in [3.05, 3.63) is 0 Å². The summed E-state index contributed by atoms with van der Waals surface area (Å²) in [7, 11) is 0. The molecule has 1 rings (SSSR count). The van der Waals surface area contributed by atoms with Gasteiger partial charge in [-0.25, -0.2) is 0 Å². The summed E-state index contributed by atoms with van der Waals surface area (Å²) >= 11 is 0. The molecule has 0 saturated heterocycles. The molecule has 76 valence electrons. The van der Waals surface area contributed by atoms with E-state index >= 15 is 0 Å². The Morgan fingerprint density at radius 2 is 1.21 bits per heavy atom. The number of hydrogen-bond donors (Lipinski definition) is 0. The first-order valence-electron chi connectivity index (χ1n) is 4.88. The van der Waals surface area contributed by atoms with Gasteiger partial charge in [-0.05, 0) is 37.5 Å². The van der Waals surface area contributed by atoms with Crippen LogP contribution in [0.2, 0.25) is 0 Å². The Balaban J connectivity index is 2.12. The van der Waals surface area contributed by atoms with E-state index in [0.717, 1.165) is 25.7 Å². The highest BCUT2D eigenvalue weighted by molar-refractivity contribution is 4.73. The normalized spacial score (nSPS) is 25.9. The second kappa shape index (κ2) is 6.10. The van der Waals surface area contributed by atoms with Gasteiger partial charge in [0.15, 0.2) is 0 Å². The van der Waals surface area contributed by atoms with E-state index < -0.39 is 0 Å². The van der Waals surface area contributed by atoms with Crippen molar-refractivity contribution in [1.82, 2.24) is 0 Å². The van der Waals surface area contributed by atoms with Crippen LogP contribution in [-0.2, 0) is 9.47 Å². The molecule has 0 amide bonds. The highest BCUT2D eigenvalue weighted by atomic mass is 16.5. The van der Waals surface area contributed by atoms with E-state index in [2.05, 4.69) is 0 Å². The number of ether oxygens (including phenoxy) is 2. The quantitative estimate of drug-likeness (QED) is 0.640. The van der Waals surface area contributed by atoms with Crippen LogP contribution in [0.3, 0.4) is 0 Å². The third-order valence-electron chi connectivity index (χ3n) is 2.73. The lowest BCUT2D eigenvalue weighted by atomic mass is 9.83. The highest BCUT2D eigenvalue weighted by Gasteiger charge is 2.21. The number of nitrogens with zero attached hydrogens (tertiary/aromatic N) is 2. The molecule has 0 aliphatic heterocycles. The number of nitriles is 2. The van der Waals surface area contributed by atoms with Crippen LogP contribution in [0.25, 0.3) is 0 Å². The van der Waals surface area contributed by atoms with Gasteiger partial charge in [-0.1, -0.05) is 0 Å². The van der Waals surface area contributed by atoms with E-state index in [9.17, 15) is 0 Å². The van der Waals surface area contributed by atoms with Crippen molar-refractivity contribution >= 4 is 0 Å². The van der Waals surface area contributed by atoms with Crippen molar-refractivity contribution in [3.8, 4) is 12.5 Å². The summed E-state index contributed by atoms with van der Waals surface area (Å²) < 4.78 is 9.42. The Morgan fingerprint density at radius 3 is 1.50 bits per heavy atom. The first-order chi connectivity index (χ1) is 6.86. The third kappa shape index (κ3) is 3.53. The molecule has 0 aromatic rings. The fraction of sp³-hybridized carbons (Fsp3) is 0.800. The molecule has 0 N–H and O–H groups in total. The Morgan fingerprint density at radius 1 is 0.857 bits per heavy atom. The highest BCUT2D eigenvalue weighted by Crippen LogP contribution is 2.28. The summed E-state index contributed by atoms with van der Waals surface area (Å²) in [4.78, 5) is 0. The molecule has 4 heteroatoms. The van der Waals surface area contributed by atoms with Crippen molar-refractivity contribution in [1.29, 1.82) is 10.5 Å². The van der Waals surface area contributed by atoms with Crippen LogP contribution in [0.4, 0.5) is 0 Å². The third-order valence-corrected chi connectivity index (χ3v) is 2.73. The zero-order valence-electron chi connectivity index (χ0n) is 8.11. The standard InChI is InChI=1S/C10H14N2O2/c11-7-13-5-9-1-2-10(4-3-9)6-14-8-12/h9-10H,1-6H2/t9-,10+. The molecule has 1 saturated carbocycles. The van der Waals surface area contributed by atoms with E-state index in [0.29, 0.717) is 25.0 Å². The molecular formula is C10H14N2O2. The monoisotopic (exact) mass is 194 g/mol. The second-order valence-corrected chi connectivity index (χ2v) is 3.69. The molecule has 0 spiro atoms. The minimum atomic E-state index is 0.507. The maximum Gasteiger partial charge on any atom is 0.286 e. The van der Waals surface area contributed by atoms with Crippen LogP contribution in [0.1, 0.15) is 25.7 Å². The van der Waals surface area contributed by atoms with Crippen LogP contribution >= 0.6 is 0 Å². The van der Waals surface area contributed by atoms with Gasteiger partial charge < -0.3 is 9.47 Å². The fourth-order valence-electron chi connectivity index (χ4n) is 1.88. The molecule has 0 aromatic heterocycles. The molecule has 0 radical (unpaired) electrons. The van der Waals surface area contributed by atoms with E-state index in [-0.39, 0.29) is 0 Å². The molecule has 0 aromatic carbocycles. The summed E-state index contributed by atoms with van der Waals surface area (Å²) in [5, 5.41) is 16.5. The van der Waals surface area contributed by atoms with Gasteiger partial charge in [-0.2, -0.15) is 10.5 Å². The molecule has 14 heavy (non-hydrogen) atoms. The molecule has 0 heterocycles. The lowest BCUT2D eigenvalue weighted by Gasteiger charge is -2.26. The van der Waals surface area contributed by atoms with Crippen molar-refractivity contribution in [2.45, 2.75) is 25.7 Å². The Hall–Kier alpha value is -1.42. The van der Waals surface area contributed by atoms with Crippen molar-refractivity contribution < 1.29 is 9.47 Å². The summed E-state index contributed by atoms with van der Waals surface area (Å²) in [6.45, 7) is 1.09. The van der Waals surface area contributed by atoms with Crippen LogP contribution < -0.4 is 0 Å². The van der Waals surface area contributed by atoms with Gasteiger partial charge in [-0.15, -0.1) is 0 Å². The second-order valence-electron chi connectivity index (χ2n) is 3.69. The van der Waals surface area contributed by atoms with Crippen molar-refractivity contribution in [3.63, 3.8) is 0 Å². The fourth-order valence-corrected chi connectivity index (χ4v) is 1.88.